The maximum Gasteiger partial charge on any atom is 0.251 e. The molecule has 0 saturated carbocycles. The smallest absolute Gasteiger partial charge is 0.251 e. The number of carbonyl (C=O) groups excluding carboxylic acids is 1. The first-order valence-electron chi connectivity index (χ1n) is 7.78. The second-order valence-electron chi connectivity index (χ2n) is 5.07. The van der Waals surface area contributed by atoms with Gasteiger partial charge in [-0.15, -0.1) is 0 Å². The average molecular weight is 351 g/mol. The summed E-state index contributed by atoms with van der Waals surface area (Å²) in [4.78, 5) is 25.5. The fourth-order valence-electron chi connectivity index (χ4n) is 2.06. The molecular weight excluding hydrogens is 334 g/mol. The van der Waals surface area contributed by atoms with E-state index < -0.39 is 0 Å². The molecule has 1 aromatic carbocycles. The minimum absolute atomic E-state index is 0.102. The van der Waals surface area contributed by atoms with Gasteiger partial charge in [0.25, 0.3) is 5.91 Å². The van der Waals surface area contributed by atoms with Crippen LogP contribution in [0, 0.1) is 0 Å². The molecule has 1 amide bonds. The van der Waals surface area contributed by atoms with E-state index in [0.29, 0.717) is 24.5 Å². The third kappa shape index (κ3) is 5.29. The van der Waals surface area contributed by atoms with Crippen molar-refractivity contribution in [1.82, 2.24) is 20.3 Å². The lowest BCUT2D eigenvalue weighted by atomic mass is 10.2. The fraction of sp³-hybridized carbons (Fsp3) is 0.111. The molecule has 0 spiro atoms. The molecule has 0 aliphatic carbocycles. The lowest BCUT2D eigenvalue weighted by Gasteiger charge is -2.07. The molecule has 0 saturated heterocycles. The summed E-state index contributed by atoms with van der Waals surface area (Å²) in [5, 5.41) is 6.88. The lowest BCUT2D eigenvalue weighted by Crippen LogP contribution is -2.28. The first kappa shape index (κ1) is 16.9. The Morgan fingerprint density at radius 1 is 0.960 bits per heavy atom. The molecule has 126 valence electrons. The maximum atomic E-state index is 12.1. The van der Waals surface area contributed by atoms with E-state index in [2.05, 4.69) is 25.6 Å². The minimum Gasteiger partial charge on any atom is -0.367 e. The molecule has 3 rings (SSSR count). The van der Waals surface area contributed by atoms with E-state index in [1.165, 1.54) is 0 Å². The highest BCUT2D eigenvalue weighted by atomic mass is 32.2. The zero-order valence-corrected chi connectivity index (χ0v) is 14.2. The van der Waals surface area contributed by atoms with Crippen molar-refractivity contribution in [3.05, 3.63) is 72.8 Å². The minimum atomic E-state index is -0.102. The van der Waals surface area contributed by atoms with Gasteiger partial charge in [0.1, 0.15) is 10.8 Å². The number of benzene rings is 1. The van der Waals surface area contributed by atoms with Crippen LogP contribution in [0.15, 0.2) is 77.2 Å². The molecule has 0 bridgehead atoms. The van der Waals surface area contributed by atoms with Gasteiger partial charge in [-0.2, -0.15) is 0 Å². The Labute approximate surface area is 150 Å². The number of pyridine rings is 1. The van der Waals surface area contributed by atoms with E-state index in [4.69, 9.17) is 0 Å². The van der Waals surface area contributed by atoms with Crippen LogP contribution in [-0.4, -0.2) is 33.9 Å². The molecule has 3 aromatic rings. The van der Waals surface area contributed by atoms with E-state index >= 15 is 0 Å². The highest BCUT2D eigenvalue weighted by Gasteiger charge is 2.05. The quantitative estimate of drug-likeness (QED) is 0.637. The predicted molar refractivity (Wildman–Crippen MR) is 97.7 cm³/mol. The topological polar surface area (TPSA) is 79.8 Å². The van der Waals surface area contributed by atoms with Gasteiger partial charge in [-0.05, 0) is 36.4 Å². The van der Waals surface area contributed by atoms with E-state index in [0.717, 1.165) is 9.92 Å². The van der Waals surface area contributed by atoms with Gasteiger partial charge in [-0.3, -0.25) is 9.78 Å². The van der Waals surface area contributed by atoms with Gasteiger partial charge < -0.3 is 10.6 Å². The Morgan fingerprint density at radius 3 is 2.56 bits per heavy atom. The first-order valence-corrected chi connectivity index (χ1v) is 8.60. The summed E-state index contributed by atoms with van der Waals surface area (Å²) in [6.45, 7) is 1.08. The van der Waals surface area contributed by atoms with Crippen molar-refractivity contribution in [2.45, 2.75) is 9.92 Å². The van der Waals surface area contributed by atoms with Crippen LogP contribution < -0.4 is 10.6 Å². The molecule has 6 nitrogen and oxygen atoms in total. The van der Waals surface area contributed by atoms with Crippen LogP contribution in [-0.2, 0) is 0 Å². The molecule has 25 heavy (non-hydrogen) atoms. The summed E-state index contributed by atoms with van der Waals surface area (Å²) in [5.41, 5.74) is 0.630. The van der Waals surface area contributed by atoms with Crippen LogP contribution in [0.3, 0.4) is 0 Å². The number of hydrogen-bond donors (Lipinski definition) is 2. The van der Waals surface area contributed by atoms with Crippen molar-refractivity contribution in [2.75, 3.05) is 18.4 Å². The number of rotatable bonds is 7. The summed E-state index contributed by atoms with van der Waals surface area (Å²) in [7, 11) is 0. The SMILES string of the molecule is O=C(NCCNc1cnccn1)c1ccc(Sc2ccccn2)cc1. The fourth-order valence-corrected chi connectivity index (χ4v) is 2.84. The molecule has 0 unspecified atom stereocenters. The summed E-state index contributed by atoms with van der Waals surface area (Å²) in [5.74, 6) is 0.586. The normalized spacial score (nSPS) is 10.2. The summed E-state index contributed by atoms with van der Waals surface area (Å²) >= 11 is 1.56. The van der Waals surface area contributed by atoms with Crippen LogP contribution in [0.25, 0.3) is 0 Å². The zero-order chi connectivity index (χ0) is 17.3. The van der Waals surface area contributed by atoms with Crippen LogP contribution in [0.5, 0.6) is 0 Å². The lowest BCUT2D eigenvalue weighted by molar-refractivity contribution is 0.0955. The van der Waals surface area contributed by atoms with Gasteiger partial charge in [0, 0.05) is 42.1 Å². The van der Waals surface area contributed by atoms with Crippen LogP contribution in [0.1, 0.15) is 10.4 Å². The maximum absolute atomic E-state index is 12.1. The first-order chi connectivity index (χ1) is 12.3. The van der Waals surface area contributed by atoms with Crippen LogP contribution in [0.4, 0.5) is 5.82 Å². The molecule has 7 heteroatoms. The number of amides is 1. The van der Waals surface area contributed by atoms with Crippen LogP contribution in [0.2, 0.25) is 0 Å². The van der Waals surface area contributed by atoms with E-state index in [9.17, 15) is 4.79 Å². The van der Waals surface area contributed by atoms with E-state index in [1.807, 2.05) is 42.5 Å². The third-order valence-electron chi connectivity index (χ3n) is 3.26. The summed E-state index contributed by atoms with van der Waals surface area (Å²) in [6.07, 6.45) is 6.63. The number of nitrogens with zero attached hydrogens (tertiary/aromatic N) is 3. The van der Waals surface area contributed by atoms with Gasteiger partial charge in [-0.1, -0.05) is 17.8 Å². The molecule has 2 aromatic heterocycles. The molecule has 0 atom stereocenters. The van der Waals surface area contributed by atoms with Crippen molar-refractivity contribution in [3.63, 3.8) is 0 Å². The Kier molecular flexibility index (Phi) is 5.95. The Balaban J connectivity index is 1.46. The second kappa shape index (κ2) is 8.79. The van der Waals surface area contributed by atoms with Gasteiger partial charge >= 0.3 is 0 Å². The summed E-state index contributed by atoms with van der Waals surface area (Å²) < 4.78 is 0. The highest BCUT2D eigenvalue weighted by molar-refractivity contribution is 7.99. The number of nitrogens with one attached hydrogen (secondary N) is 2. The molecule has 0 radical (unpaired) electrons. The average Bonchev–Trinajstić information content (AvgIpc) is 2.67. The largest absolute Gasteiger partial charge is 0.367 e. The Bertz CT molecular complexity index is 797. The molecule has 2 heterocycles. The van der Waals surface area contributed by atoms with Gasteiger partial charge in [-0.25, -0.2) is 9.97 Å². The Morgan fingerprint density at radius 2 is 1.84 bits per heavy atom. The monoisotopic (exact) mass is 351 g/mol. The molecule has 0 aliphatic rings. The molecule has 0 fully saturated rings. The Hall–Kier alpha value is -2.93. The van der Waals surface area contributed by atoms with E-state index in [1.54, 1.807) is 36.5 Å². The van der Waals surface area contributed by atoms with Crippen LogP contribution >= 0.6 is 11.8 Å². The van der Waals surface area contributed by atoms with Crippen molar-refractivity contribution in [2.24, 2.45) is 0 Å². The standard InChI is InChI=1S/C18H17N5OS/c24-18(23-12-11-21-16-13-19-9-10-20-16)14-4-6-15(7-5-14)25-17-3-1-2-8-22-17/h1-10,13H,11-12H2,(H,20,21)(H,23,24). The molecule has 2 N–H and O–H groups in total. The van der Waals surface area contributed by atoms with E-state index in [-0.39, 0.29) is 5.91 Å². The van der Waals surface area contributed by atoms with Crippen molar-refractivity contribution in [1.29, 1.82) is 0 Å². The predicted octanol–water partition coefficient (Wildman–Crippen LogP) is 2.86. The highest BCUT2D eigenvalue weighted by Crippen LogP contribution is 2.25. The van der Waals surface area contributed by atoms with Gasteiger partial charge in [0.2, 0.25) is 0 Å². The van der Waals surface area contributed by atoms with Gasteiger partial charge in [0.05, 0.1) is 6.20 Å². The number of hydrogen-bond acceptors (Lipinski definition) is 6. The third-order valence-corrected chi connectivity index (χ3v) is 4.22. The number of aromatic nitrogens is 3. The molecular formula is C18H17N5OS. The van der Waals surface area contributed by atoms with Crippen molar-refractivity contribution >= 4 is 23.5 Å². The van der Waals surface area contributed by atoms with Gasteiger partial charge in [0.15, 0.2) is 0 Å². The van der Waals surface area contributed by atoms with Crippen molar-refractivity contribution in [3.8, 4) is 0 Å². The number of anilines is 1. The number of carbonyl (C=O) groups is 1. The zero-order valence-electron chi connectivity index (χ0n) is 13.4. The molecule has 0 aliphatic heterocycles. The van der Waals surface area contributed by atoms with Crippen molar-refractivity contribution < 1.29 is 4.79 Å². The summed E-state index contributed by atoms with van der Waals surface area (Å²) in [6, 6.07) is 13.3. The second-order valence-corrected chi connectivity index (χ2v) is 6.16.